The highest BCUT2D eigenvalue weighted by molar-refractivity contribution is 7.18. The molecule has 24 heavy (non-hydrogen) atoms. The lowest BCUT2D eigenvalue weighted by Gasteiger charge is -2.58. The Morgan fingerprint density at radius 2 is 2.17 bits per heavy atom. The number of nitrogen functional groups attached to an aromatic ring is 1. The fraction of sp³-hybridized carbons (Fsp3) is 0.579. The van der Waals surface area contributed by atoms with Gasteiger partial charge in [0.15, 0.2) is 0 Å². The van der Waals surface area contributed by atoms with Gasteiger partial charge in [0.25, 0.3) is 0 Å². The lowest BCUT2D eigenvalue weighted by molar-refractivity contribution is 0.00290. The van der Waals surface area contributed by atoms with Crippen molar-refractivity contribution in [1.82, 2.24) is 15.1 Å². The second-order valence-electron chi connectivity index (χ2n) is 7.83. The molecule has 5 rings (SSSR count). The number of hydrogen-bond donors (Lipinski definition) is 1. The molecule has 2 heterocycles. The molecule has 0 spiro atoms. The number of rotatable bonds is 1. The summed E-state index contributed by atoms with van der Waals surface area (Å²) in [6, 6.07) is 7.72. The SMILES string of the molecule is CN1CC[C@@]23CCCCC2[C@@H]1Cc1ccc(-c2nnc(N)s2)cc13. The smallest absolute Gasteiger partial charge is 0.203 e. The molecule has 1 unspecified atom stereocenters. The Kier molecular flexibility index (Phi) is 3.26. The van der Waals surface area contributed by atoms with Crippen LogP contribution < -0.4 is 5.73 Å². The van der Waals surface area contributed by atoms with Crippen LogP contribution >= 0.6 is 11.3 Å². The molecule has 2 bridgehead atoms. The van der Waals surface area contributed by atoms with Crippen LogP contribution in [0.5, 0.6) is 0 Å². The molecule has 1 saturated heterocycles. The van der Waals surface area contributed by atoms with Crippen LogP contribution in [0, 0.1) is 5.92 Å². The Bertz CT molecular complexity index is 785. The van der Waals surface area contributed by atoms with Gasteiger partial charge in [0, 0.05) is 17.0 Å². The Labute approximate surface area is 147 Å². The van der Waals surface area contributed by atoms with Gasteiger partial charge < -0.3 is 10.6 Å². The number of piperidine rings is 1. The van der Waals surface area contributed by atoms with E-state index >= 15 is 0 Å². The number of likely N-dealkylation sites (N-methyl/N-ethyl adjacent to an activating group) is 1. The second kappa shape index (κ2) is 5.27. The Balaban J connectivity index is 1.66. The van der Waals surface area contributed by atoms with E-state index < -0.39 is 0 Å². The minimum atomic E-state index is 0.398. The van der Waals surface area contributed by atoms with Crippen LogP contribution in [0.25, 0.3) is 10.6 Å². The highest BCUT2D eigenvalue weighted by atomic mass is 32.1. The molecule has 5 heteroatoms. The van der Waals surface area contributed by atoms with E-state index in [1.807, 2.05) is 0 Å². The third-order valence-electron chi connectivity index (χ3n) is 6.80. The largest absolute Gasteiger partial charge is 0.374 e. The standard InChI is InChI=1S/C19H24N4S/c1-23-9-8-19-7-3-2-4-14(19)16(23)11-12-5-6-13(10-15(12)19)17-21-22-18(20)24-17/h5-6,10,14,16H,2-4,7-9,11H2,1H3,(H2,20,22)/t14?,16-,19-/m0/s1. The van der Waals surface area contributed by atoms with E-state index in [0.29, 0.717) is 10.5 Å². The van der Waals surface area contributed by atoms with Crippen LogP contribution in [-0.4, -0.2) is 34.7 Å². The molecule has 1 aromatic carbocycles. The molecule has 3 aliphatic rings. The molecular formula is C19H24N4S. The lowest BCUT2D eigenvalue weighted by atomic mass is 9.52. The first-order valence-corrected chi connectivity index (χ1v) is 9.92. The summed E-state index contributed by atoms with van der Waals surface area (Å²) in [6.45, 7) is 1.23. The Morgan fingerprint density at radius 3 is 3.00 bits per heavy atom. The molecule has 3 atom stereocenters. The Hall–Kier alpha value is -1.46. The summed E-state index contributed by atoms with van der Waals surface area (Å²) in [7, 11) is 2.33. The molecule has 126 valence electrons. The summed E-state index contributed by atoms with van der Waals surface area (Å²) in [6.07, 6.45) is 8.04. The topological polar surface area (TPSA) is 55.0 Å². The van der Waals surface area contributed by atoms with Crippen LogP contribution in [0.15, 0.2) is 18.2 Å². The third-order valence-corrected chi connectivity index (χ3v) is 7.60. The summed E-state index contributed by atoms with van der Waals surface area (Å²) in [5.74, 6) is 0.826. The van der Waals surface area contributed by atoms with E-state index in [0.717, 1.165) is 17.0 Å². The fourth-order valence-electron chi connectivity index (χ4n) is 5.68. The molecule has 2 aliphatic carbocycles. The van der Waals surface area contributed by atoms with Crippen molar-refractivity contribution in [1.29, 1.82) is 0 Å². The van der Waals surface area contributed by atoms with E-state index in [2.05, 4.69) is 40.3 Å². The molecular weight excluding hydrogens is 316 g/mol. The molecule has 1 aliphatic heterocycles. The van der Waals surface area contributed by atoms with Crippen molar-refractivity contribution in [2.75, 3.05) is 19.3 Å². The number of hydrogen-bond acceptors (Lipinski definition) is 5. The van der Waals surface area contributed by atoms with Gasteiger partial charge >= 0.3 is 0 Å². The van der Waals surface area contributed by atoms with Crippen LogP contribution in [0.3, 0.4) is 0 Å². The van der Waals surface area contributed by atoms with Gasteiger partial charge in [-0.1, -0.05) is 36.3 Å². The van der Waals surface area contributed by atoms with Gasteiger partial charge in [0.1, 0.15) is 5.01 Å². The summed E-state index contributed by atoms with van der Waals surface area (Å²) in [4.78, 5) is 2.62. The number of benzene rings is 1. The predicted octanol–water partition coefficient (Wildman–Crippen LogP) is 3.48. The number of aromatic nitrogens is 2. The molecule has 1 saturated carbocycles. The number of anilines is 1. The number of fused-ring (bicyclic) bond motifs is 1. The van der Waals surface area contributed by atoms with Gasteiger partial charge in [-0.3, -0.25) is 0 Å². The van der Waals surface area contributed by atoms with Gasteiger partial charge in [-0.2, -0.15) is 0 Å². The van der Waals surface area contributed by atoms with Crippen LogP contribution in [0.1, 0.15) is 43.2 Å². The summed E-state index contributed by atoms with van der Waals surface area (Å²) >= 11 is 1.49. The first-order valence-electron chi connectivity index (χ1n) is 9.10. The van der Waals surface area contributed by atoms with Crippen molar-refractivity contribution in [2.45, 2.75) is 50.0 Å². The van der Waals surface area contributed by atoms with Gasteiger partial charge in [-0.25, -0.2) is 0 Å². The van der Waals surface area contributed by atoms with E-state index in [-0.39, 0.29) is 0 Å². The maximum absolute atomic E-state index is 5.79. The van der Waals surface area contributed by atoms with Gasteiger partial charge in [-0.15, -0.1) is 10.2 Å². The zero-order chi connectivity index (χ0) is 16.3. The predicted molar refractivity (Wildman–Crippen MR) is 98.1 cm³/mol. The highest BCUT2D eigenvalue weighted by Crippen LogP contribution is 2.55. The molecule has 2 fully saturated rings. The van der Waals surface area contributed by atoms with Crippen molar-refractivity contribution in [3.8, 4) is 10.6 Å². The summed E-state index contributed by atoms with van der Waals surface area (Å²) < 4.78 is 0. The van der Waals surface area contributed by atoms with Crippen molar-refractivity contribution in [3.05, 3.63) is 29.3 Å². The summed E-state index contributed by atoms with van der Waals surface area (Å²) in [5, 5.41) is 9.77. The Morgan fingerprint density at radius 1 is 1.25 bits per heavy atom. The van der Waals surface area contributed by atoms with Crippen molar-refractivity contribution in [3.63, 3.8) is 0 Å². The van der Waals surface area contributed by atoms with Crippen molar-refractivity contribution in [2.24, 2.45) is 5.92 Å². The highest BCUT2D eigenvalue weighted by Gasteiger charge is 2.53. The number of nitrogens with zero attached hydrogens (tertiary/aromatic N) is 3. The van der Waals surface area contributed by atoms with E-state index in [9.17, 15) is 0 Å². The second-order valence-corrected chi connectivity index (χ2v) is 8.84. The zero-order valence-electron chi connectivity index (χ0n) is 14.2. The third kappa shape index (κ3) is 2.01. The maximum Gasteiger partial charge on any atom is 0.203 e. The normalized spacial score (nSPS) is 32.2. The minimum Gasteiger partial charge on any atom is -0.374 e. The van der Waals surface area contributed by atoms with Crippen LogP contribution in [0.4, 0.5) is 5.13 Å². The number of nitrogens with two attached hydrogens (primary N) is 1. The quantitative estimate of drug-likeness (QED) is 0.863. The first-order chi connectivity index (χ1) is 11.7. The average molecular weight is 340 g/mol. The molecule has 0 amide bonds. The average Bonchev–Trinajstić information content (AvgIpc) is 3.04. The first kappa shape index (κ1) is 14.8. The minimum absolute atomic E-state index is 0.398. The summed E-state index contributed by atoms with van der Waals surface area (Å²) in [5.41, 5.74) is 10.6. The van der Waals surface area contributed by atoms with Crippen LogP contribution in [0.2, 0.25) is 0 Å². The molecule has 4 nitrogen and oxygen atoms in total. The lowest BCUT2D eigenvalue weighted by Crippen LogP contribution is -2.59. The van der Waals surface area contributed by atoms with Gasteiger partial charge in [0.2, 0.25) is 5.13 Å². The van der Waals surface area contributed by atoms with Crippen LogP contribution in [-0.2, 0) is 11.8 Å². The molecule has 0 radical (unpaired) electrons. The zero-order valence-corrected chi connectivity index (χ0v) is 15.0. The molecule has 1 aromatic heterocycles. The van der Waals surface area contributed by atoms with E-state index in [1.165, 1.54) is 62.0 Å². The van der Waals surface area contributed by atoms with E-state index in [4.69, 9.17) is 5.73 Å². The molecule has 2 aromatic rings. The van der Waals surface area contributed by atoms with Gasteiger partial charge in [-0.05, 0) is 62.4 Å². The van der Waals surface area contributed by atoms with E-state index in [1.54, 1.807) is 11.1 Å². The molecule has 2 N–H and O–H groups in total. The maximum atomic E-state index is 5.79. The van der Waals surface area contributed by atoms with Crippen molar-refractivity contribution >= 4 is 16.5 Å². The number of likely N-dealkylation sites (tertiary alicyclic amines) is 1. The van der Waals surface area contributed by atoms with Crippen molar-refractivity contribution < 1.29 is 0 Å². The fourth-order valence-corrected chi connectivity index (χ4v) is 6.29. The van der Waals surface area contributed by atoms with Gasteiger partial charge in [0.05, 0.1) is 0 Å². The monoisotopic (exact) mass is 340 g/mol.